The summed E-state index contributed by atoms with van der Waals surface area (Å²) in [7, 11) is 1.80. The molecule has 6 nitrogen and oxygen atoms in total. The molecular weight excluding hydrogens is 318 g/mol. The van der Waals surface area contributed by atoms with Gasteiger partial charge in [0.15, 0.2) is 0 Å². The molecule has 0 radical (unpaired) electrons. The number of carbonyl (C=O) groups excluding carboxylic acids is 3. The first-order valence-corrected chi connectivity index (χ1v) is 7.30. The molecule has 1 aliphatic heterocycles. The Labute approximate surface area is 142 Å². The van der Waals surface area contributed by atoms with Crippen LogP contribution in [0.15, 0.2) is 18.2 Å². The molecule has 0 saturated heterocycles. The van der Waals surface area contributed by atoms with E-state index in [1.807, 2.05) is 13.8 Å². The van der Waals surface area contributed by atoms with E-state index in [-0.39, 0.29) is 24.4 Å². The number of fused-ring (bicyclic) bond motifs is 1. The average molecular weight is 340 g/mol. The van der Waals surface area contributed by atoms with Gasteiger partial charge in [-0.1, -0.05) is 11.6 Å². The Balaban J connectivity index is 0.00000264. The maximum absolute atomic E-state index is 12.4. The van der Waals surface area contributed by atoms with Gasteiger partial charge in [0.05, 0.1) is 11.1 Å². The zero-order chi connectivity index (χ0) is 16.4. The van der Waals surface area contributed by atoms with Crippen LogP contribution in [0, 0.1) is 6.92 Å². The molecule has 0 aromatic heterocycles. The number of hydrogen-bond donors (Lipinski definition) is 2. The second-order valence-corrected chi connectivity index (χ2v) is 5.64. The highest BCUT2D eigenvalue weighted by atomic mass is 35.5. The number of hydrogen-bond acceptors (Lipinski definition) is 4. The molecule has 1 heterocycles. The third-order valence-corrected chi connectivity index (χ3v) is 3.92. The summed E-state index contributed by atoms with van der Waals surface area (Å²) in [6.07, 6.45) is 0. The number of halogens is 1. The summed E-state index contributed by atoms with van der Waals surface area (Å²) in [6.45, 7) is 5.78. The quantitative estimate of drug-likeness (QED) is 0.788. The van der Waals surface area contributed by atoms with Gasteiger partial charge in [0.1, 0.15) is 6.04 Å². The Morgan fingerprint density at radius 3 is 2.39 bits per heavy atom. The number of nitrogens with one attached hydrogen (secondary N) is 2. The van der Waals surface area contributed by atoms with Crippen molar-refractivity contribution in [1.82, 2.24) is 15.5 Å². The fourth-order valence-electron chi connectivity index (χ4n) is 2.35. The first kappa shape index (κ1) is 19.1. The zero-order valence-electron chi connectivity index (χ0n) is 13.7. The van der Waals surface area contributed by atoms with Crippen molar-refractivity contribution in [3.8, 4) is 0 Å². The maximum atomic E-state index is 12.4. The first-order chi connectivity index (χ1) is 10.4. The third kappa shape index (κ3) is 3.71. The summed E-state index contributed by atoms with van der Waals surface area (Å²) in [4.78, 5) is 38.0. The molecule has 23 heavy (non-hydrogen) atoms. The van der Waals surface area contributed by atoms with E-state index in [0.717, 1.165) is 10.5 Å². The summed E-state index contributed by atoms with van der Waals surface area (Å²) in [5, 5.41) is 5.75. The van der Waals surface area contributed by atoms with E-state index in [9.17, 15) is 14.4 Å². The van der Waals surface area contributed by atoms with E-state index in [4.69, 9.17) is 0 Å². The molecule has 3 amide bonds. The lowest BCUT2D eigenvalue weighted by Crippen LogP contribution is -2.49. The largest absolute Gasteiger partial charge is 0.353 e. The topological polar surface area (TPSA) is 78.5 Å². The van der Waals surface area contributed by atoms with Crippen molar-refractivity contribution in [2.45, 2.75) is 32.9 Å². The minimum Gasteiger partial charge on any atom is -0.353 e. The highest BCUT2D eigenvalue weighted by Gasteiger charge is 2.40. The molecule has 126 valence electrons. The fraction of sp³-hybridized carbons (Fsp3) is 0.438. The summed E-state index contributed by atoms with van der Waals surface area (Å²) in [6, 6.07) is 4.38. The molecule has 2 atom stereocenters. The average Bonchev–Trinajstić information content (AvgIpc) is 2.74. The Hall–Kier alpha value is -1.92. The molecule has 0 bridgehead atoms. The standard InChI is InChI=1S/C16H21N3O3.ClH/c1-9-5-6-12-13(7-9)16(22)19(15(12)21)11(3)14(20)18-8-10(2)17-4;/h5-7,10-11,17H,8H2,1-4H3,(H,18,20);1H. The van der Waals surface area contributed by atoms with Gasteiger partial charge in [0.2, 0.25) is 5.91 Å². The van der Waals surface area contributed by atoms with Gasteiger partial charge >= 0.3 is 0 Å². The second-order valence-electron chi connectivity index (χ2n) is 5.64. The highest BCUT2D eigenvalue weighted by molar-refractivity contribution is 6.22. The minimum absolute atomic E-state index is 0. The Kier molecular flexibility index (Phi) is 6.29. The lowest BCUT2D eigenvalue weighted by atomic mass is 10.1. The molecule has 1 aromatic rings. The van der Waals surface area contributed by atoms with Crippen molar-refractivity contribution in [2.75, 3.05) is 13.6 Å². The lowest BCUT2D eigenvalue weighted by molar-refractivity contribution is -0.124. The van der Waals surface area contributed by atoms with Crippen LogP contribution in [-0.4, -0.2) is 48.3 Å². The molecule has 0 fully saturated rings. The SMILES string of the molecule is CNC(C)CNC(=O)C(C)N1C(=O)c2ccc(C)cc2C1=O.Cl. The Bertz CT molecular complexity index is 633. The normalized spacial score (nSPS) is 15.7. The van der Waals surface area contributed by atoms with Gasteiger partial charge in [0, 0.05) is 12.6 Å². The van der Waals surface area contributed by atoms with Gasteiger partial charge in [-0.3, -0.25) is 19.3 Å². The molecular formula is C16H22ClN3O3. The summed E-state index contributed by atoms with van der Waals surface area (Å²) < 4.78 is 0. The van der Waals surface area contributed by atoms with Gasteiger partial charge in [-0.2, -0.15) is 0 Å². The van der Waals surface area contributed by atoms with Crippen molar-refractivity contribution < 1.29 is 14.4 Å². The zero-order valence-corrected chi connectivity index (χ0v) is 14.5. The van der Waals surface area contributed by atoms with Crippen molar-refractivity contribution in [1.29, 1.82) is 0 Å². The van der Waals surface area contributed by atoms with E-state index in [1.54, 1.807) is 32.2 Å². The maximum Gasteiger partial charge on any atom is 0.262 e. The Morgan fingerprint density at radius 2 is 1.78 bits per heavy atom. The van der Waals surface area contributed by atoms with E-state index in [2.05, 4.69) is 10.6 Å². The number of benzene rings is 1. The number of aryl methyl sites for hydroxylation is 1. The van der Waals surface area contributed by atoms with Crippen molar-refractivity contribution in [3.63, 3.8) is 0 Å². The van der Waals surface area contributed by atoms with Gasteiger partial charge in [-0.25, -0.2) is 0 Å². The third-order valence-electron chi connectivity index (χ3n) is 3.92. The van der Waals surface area contributed by atoms with Gasteiger partial charge < -0.3 is 10.6 Å². The highest BCUT2D eigenvalue weighted by Crippen LogP contribution is 2.25. The number of nitrogens with zero attached hydrogens (tertiary/aromatic N) is 1. The number of imide groups is 1. The fourth-order valence-corrected chi connectivity index (χ4v) is 2.35. The van der Waals surface area contributed by atoms with Crippen LogP contribution in [0.25, 0.3) is 0 Å². The molecule has 0 aliphatic carbocycles. The van der Waals surface area contributed by atoms with Crippen LogP contribution in [0.1, 0.15) is 40.1 Å². The monoisotopic (exact) mass is 339 g/mol. The van der Waals surface area contributed by atoms with Crippen LogP contribution < -0.4 is 10.6 Å². The van der Waals surface area contributed by atoms with Crippen LogP contribution >= 0.6 is 12.4 Å². The van der Waals surface area contributed by atoms with E-state index >= 15 is 0 Å². The van der Waals surface area contributed by atoms with E-state index in [0.29, 0.717) is 17.7 Å². The van der Waals surface area contributed by atoms with Gasteiger partial charge in [0.25, 0.3) is 11.8 Å². The van der Waals surface area contributed by atoms with Crippen LogP contribution in [0.4, 0.5) is 0 Å². The molecule has 1 aliphatic rings. The van der Waals surface area contributed by atoms with E-state index in [1.165, 1.54) is 0 Å². The predicted molar refractivity (Wildman–Crippen MR) is 89.9 cm³/mol. The summed E-state index contributed by atoms with van der Waals surface area (Å²) in [5.41, 5.74) is 1.63. The number of rotatable bonds is 5. The van der Waals surface area contributed by atoms with Crippen LogP contribution in [0.5, 0.6) is 0 Å². The molecule has 2 unspecified atom stereocenters. The van der Waals surface area contributed by atoms with Gasteiger partial charge in [-0.05, 0) is 40.0 Å². The summed E-state index contributed by atoms with van der Waals surface area (Å²) >= 11 is 0. The number of likely N-dealkylation sites (N-methyl/N-ethyl adjacent to an activating group) is 1. The molecule has 2 rings (SSSR count). The van der Waals surface area contributed by atoms with Crippen LogP contribution in [0.3, 0.4) is 0 Å². The Morgan fingerprint density at radius 1 is 1.17 bits per heavy atom. The number of carbonyl (C=O) groups is 3. The number of amides is 3. The minimum atomic E-state index is -0.836. The molecule has 0 spiro atoms. The van der Waals surface area contributed by atoms with Crippen molar-refractivity contribution >= 4 is 30.1 Å². The second kappa shape index (κ2) is 7.57. The van der Waals surface area contributed by atoms with Crippen molar-refractivity contribution in [3.05, 3.63) is 34.9 Å². The molecule has 7 heteroatoms. The summed E-state index contributed by atoms with van der Waals surface area (Å²) in [5.74, 6) is -1.16. The van der Waals surface area contributed by atoms with Crippen molar-refractivity contribution in [2.24, 2.45) is 0 Å². The molecule has 2 N–H and O–H groups in total. The van der Waals surface area contributed by atoms with E-state index < -0.39 is 17.9 Å². The van der Waals surface area contributed by atoms with Crippen LogP contribution in [-0.2, 0) is 4.79 Å². The lowest BCUT2D eigenvalue weighted by Gasteiger charge is -2.22. The predicted octanol–water partition coefficient (Wildman–Crippen LogP) is 1.13. The first-order valence-electron chi connectivity index (χ1n) is 7.30. The van der Waals surface area contributed by atoms with Crippen LogP contribution in [0.2, 0.25) is 0 Å². The smallest absolute Gasteiger partial charge is 0.262 e. The van der Waals surface area contributed by atoms with Gasteiger partial charge in [-0.15, -0.1) is 12.4 Å². The molecule has 0 saturated carbocycles. The molecule has 1 aromatic carbocycles.